The van der Waals surface area contributed by atoms with Crippen LogP contribution in [0, 0.1) is 11.3 Å². The highest BCUT2D eigenvalue weighted by atomic mass is 16.5. The van der Waals surface area contributed by atoms with Crippen LogP contribution in [-0.4, -0.2) is 7.11 Å². The summed E-state index contributed by atoms with van der Waals surface area (Å²) >= 11 is 0. The number of methoxy groups -OCH3 is 1. The molecule has 0 spiro atoms. The van der Waals surface area contributed by atoms with Crippen molar-refractivity contribution in [1.29, 1.82) is 5.26 Å². The molecule has 0 atom stereocenters. The number of nitrogens with zero attached hydrogens (tertiary/aromatic N) is 1. The number of hydrogen-bond acceptors (Lipinski definition) is 3. The van der Waals surface area contributed by atoms with Gasteiger partial charge in [-0.3, -0.25) is 0 Å². The molecule has 0 aromatic heterocycles. The molecule has 0 aliphatic heterocycles. The van der Waals surface area contributed by atoms with E-state index < -0.39 is 0 Å². The fourth-order valence-electron chi connectivity index (χ4n) is 2.89. The lowest BCUT2D eigenvalue weighted by molar-refractivity contribution is 0.415. The number of ether oxygens (including phenoxy) is 1. The second-order valence-corrected chi connectivity index (χ2v) is 5.30. The standard InChI is InChI=1S/C18H18N2O/c1-21-15-10-9-14(12-19)18(11-15)20-17-8-4-6-13-5-2-3-7-16(13)17/h4,6,8-11,20H,2-3,5,7H2,1H3. The number of rotatable bonds is 3. The first-order chi connectivity index (χ1) is 10.3. The van der Waals surface area contributed by atoms with Gasteiger partial charge in [0.25, 0.3) is 0 Å². The van der Waals surface area contributed by atoms with Crippen molar-refractivity contribution in [3.05, 3.63) is 53.1 Å². The Labute approximate surface area is 125 Å². The quantitative estimate of drug-likeness (QED) is 0.915. The summed E-state index contributed by atoms with van der Waals surface area (Å²) in [6, 6.07) is 14.1. The smallest absolute Gasteiger partial charge is 0.121 e. The zero-order valence-electron chi connectivity index (χ0n) is 12.1. The van der Waals surface area contributed by atoms with E-state index in [2.05, 4.69) is 29.6 Å². The van der Waals surface area contributed by atoms with Gasteiger partial charge in [0.15, 0.2) is 0 Å². The van der Waals surface area contributed by atoms with E-state index in [9.17, 15) is 5.26 Å². The van der Waals surface area contributed by atoms with E-state index in [0.717, 1.165) is 30.0 Å². The molecule has 106 valence electrons. The predicted molar refractivity (Wildman–Crippen MR) is 84.1 cm³/mol. The van der Waals surface area contributed by atoms with Crippen molar-refractivity contribution in [3.63, 3.8) is 0 Å². The number of hydrogen-bond donors (Lipinski definition) is 1. The minimum atomic E-state index is 0.629. The summed E-state index contributed by atoms with van der Waals surface area (Å²) in [6.07, 6.45) is 4.74. The van der Waals surface area contributed by atoms with E-state index in [4.69, 9.17) is 4.74 Å². The van der Waals surface area contributed by atoms with Crippen molar-refractivity contribution in [2.75, 3.05) is 12.4 Å². The van der Waals surface area contributed by atoms with E-state index in [0.29, 0.717) is 5.56 Å². The predicted octanol–water partition coefficient (Wildman–Crippen LogP) is 4.19. The zero-order valence-corrected chi connectivity index (χ0v) is 12.1. The Morgan fingerprint density at radius 2 is 1.95 bits per heavy atom. The Morgan fingerprint density at radius 1 is 1.10 bits per heavy atom. The van der Waals surface area contributed by atoms with Crippen LogP contribution >= 0.6 is 0 Å². The number of benzene rings is 2. The van der Waals surface area contributed by atoms with E-state index in [1.165, 1.54) is 24.0 Å². The number of nitriles is 1. The number of fused-ring (bicyclic) bond motifs is 1. The molecule has 0 heterocycles. The molecule has 3 rings (SSSR count). The fourth-order valence-corrected chi connectivity index (χ4v) is 2.89. The van der Waals surface area contributed by atoms with E-state index >= 15 is 0 Å². The van der Waals surface area contributed by atoms with Crippen LogP contribution in [0.2, 0.25) is 0 Å². The van der Waals surface area contributed by atoms with Gasteiger partial charge in [0, 0.05) is 11.8 Å². The highest BCUT2D eigenvalue weighted by Crippen LogP contribution is 2.32. The third kappa shape index (κ3) is 2.71. The number of nitrogens with one attached hydrogen (secondary N) is 1. The Balaban J connectivity index is 1.99. The van der Waals surface area contributed by atoms with Gasteiger partial charge in [-0.05, 0) is 55.0 Å². The van der Waals surface area contributed by atoms with Crippen LogP contribution in [-0.2, 0) is 12.8 Å². The molecule has 0 amide bonds. The van der Waals surface area contributed by atoms with Crippen molar-refractivity contribution in [3.8, 4) is 11.8 Å². The van der Waals surface area contributed by atoms with Crippen molar-refractivity contribution in [2.24, 2.45) is 0 Å². The van der Waals surface area contributed by atoms with Crippen LogP contribution in [0.3, 0.4) is 0 Å². The molecular weight excluding hydrogens is 260 g/mol. The molecule has 0 fully saturated rings. The van der Waals surface area contributed by atoms with Gasteiger partial charge in [-0.15, -0.1) is 0 Å². The van der Waals surface area contributed by atoms with E-state index in [-0.39, 0.29) is 0 Å². The lowest BCUT2D eigenvalue weighted by Crippen LogP contribution is -2.06. The maximum atomic E-state index is 9.27. The minimum Gasteiger partial charge on any atom is -0.497 e. The largest absolute Gasteiger partial charge is 0.497 e. The summed E-state index contributed by atoms with van der Waals surface area (Å²) in [4.78, 5) is 0. The molecule has 0 bridgehead atoms. The van der Waals surface area contributed by atoms with Gasteiger partial charge in [0.1, 0.15) is 11.8 Å². The maximum absolute atomic E-state index is 9.27. The average Bonchev–Trinajstić information content (AvgIpc) is 2.55. The topological polar surface area (TPSA) is 45.0 Å². The Morgan fingerprint density at radius 3 is 2.76 bits per heavy atom. The number of anilines is 2. The van der Waals surface area contributed by atoms with Crippen LogP contribution in [0.15, 0.2) is 36.4 Å². The van der Waals surface area contributed by atoms with Gasteiger partial charge in [0.05, 0.1) is 18.4 Å². The highest BCUT2D eigenvalue weighted by molar-refractivity contribution is 5.71. The molecule has 0 saturated heterocycles. The van der Waals surface area contributed by atoms with Crippen LogP contribution in [0.1, 0.15) is 29.5 Å². The molecule has 1 N–H and O–H groups in total. The highest BCUT2D eigenvalue weighted by Gasteiger charge is 2.14. The Kier molecular flexibility index (Phi) is 3.79. The monoisotopic (exact) mass is 278 g/mol. The lowest BCUT2D eigenvalue weighted by atomic mass is 9.90. The van der Waals surface area contributed by atoms with Gasteiger partial charge in [-0.1, -0.05) is 12.1 Å². The first-order valence-electron chi connectivity index (χ1n) is 7.28. The van der Waals surface area contributed by atoms with Crippen LogP contribution in [0.4, 0.5) is 11.4 Å². The minimum absolute atomic E-state index is 0.629. The second kappa shape index (κ2) is 5.88. The Hall–Kier alpha value is -2.47. The summed E-state index contributed by atoms with van der Waals surface area (Å²) in [6.45, 7) is 0. The van der Waals surface area contributed by atoms with Gasteiger partial charge < -0.3 is 10.1 Å². The van der Waals surface area contributed by atoms with Crippen molar-refractivity contribution in [2.45, 2.75) is 25.7 Å². The van der Waals surface area contributed by atoms with Crippen molar-refractivity contribution >= 4 is 11.4 Å². The molecule has 21 heavy (non-hydrogen) atoms. The normalized spacial score (nSPS) is 13.1. The Bertz CT molecular complexity index is 701. The van der Waals surface area contributed by atoms with Gasteiger partial charge >= 0.3 is 0 Å². The second-order valence-electron chi connectivity index (χ2n) is 5.30. The van der Waals surface area contributed by atoms with Gasteiger partial charge in [0.2, 0.25) is 0 Å². The molecule has 3 nitrogen and oxygen atoms in total. The summed E-state index contributed by atoms with van der Waals surface area (Å²) in [5.74, 6) is 0.751. The van der Waals surface area contributed by atoms with E-state index in [1.807, 2.05) is 12.1 Å². The lowest BCUT2D eigenvalue weighted by Gasteiger charge is -2.20. The number of aryl methyl sites for hydroxylation is 1. The molecular formula is C18H18N2O. The summed E-state index contributed by atoms with van der Waals surface area (Å²) in [5.41, 5.74) is 5.35. The SMILES string of the molecule is COc1ccc(C#N)c(Nc2cccc3c2CCCC3)c1. The molecule has 1 aliphatic carbocycles. The molecule has 2 aromatic rings. The van der Waals surface area contributed by atoms with E-state index in [1.54, 1.807) is 13.2 Å². The van der Waals surface area contributed by atoms with Crippen LogP contribution in [0.5, 0.6) is 5.75 Å². The summed E-state index contributed by atoms with van der Waals surface area (Å²) < 4.78 is 5.26. The molecule has 1 aliphatic rings. The van der Waals surface area contributed by atoms with Crippen LogP contribution < -0.4 is 10.1 Å². The molecule has 0 radical (unpaired) electrons. The third-order valence-corrected chi connectivity index (χ3v) is 4.01. The first-order valence-corrected chi connectivity index (χ1v) is 7.28. The summed E-state index contributed by atoms with van der Waals surface area (Å²) in [7, 11) is 1.63. The summed E-state index contributed by atoms with van der Waals surface area (Å²) in [5, 5.41) is 12.7. The fraction of sp³-hybridized carbons (Fsp3) is 0.278. The van der Waals surface area contributed by atoms with Crippen LogP contribution in [0.25, 0.3) is 0 Å². The van der Waals surface area contributed by atoms with Crippen molar-refractivity contribution < 1.29 is 4.74 Å². The first kappa shape index (κ1) is 13.5. The molecule has 3 heteroatoms. The maximum Gasteiger partial charge on any atom is 0.121 e. The third-order valence-electron chi connectivity index (χ3n) is 4.01. The molecule has 0 unspecified atom stereocenters. The van der Waals surface area contributed by atoms with Gasteiger partial charge in [-0.2, -0.15) is 5.26 Å². The average molecular weight is 278 g/mol. The van der Waals surface area contributed by atoms with Gasteiger partial charge in [-0.25, -0.2) is 0 Å². The zero-order chi connectivity index (χ0) is 14.7. The molecule has 0 saturated carbocycles. The molecule has 2 aromatic carbocycles. The van der Waals surface area contributed by atoms with Crippen molar-refractivity contribution in [1.82, 2.24) is 0 Å².